The Morgan fingerprint density at radius 3 is 2.68 bits per heavy atom. The molecule has 2 nitrogen and oxygen atoms in total. The van der Waals surface area contributed by atoms with Crippen LogP contribution in [0.3, 0.4) is 0 Å². The highest BCUT2D eigenvalue weighted by Gasteiger charge is 2.31. The lowest BCUT2D eigenvalue weighted by Crippen LogP contribution is -2.18. The molecule has 3 rings (SSSR count). The molecule has 0 bridgehead atoms. The summed E-state index contributed by atoms with van der Waals surface area (Å²) in [7, 11) is 0. The molecule has 2 aromatic rings. The van der Waals surface area contributed by atoms with Gasteiger partial charge < -0.3 is 10.5 Å². The van der Waals surface area contributed by atoms with E-state index < -0.39 is 0 Å². The zero-order valence-electron chi connectivity index (χ0n) is 11.7. The Kier molecular flexibility index (Phi) is 2.56. The number of ether oxygens (including phenoxy) is 1. The number of benzene rings is 2. The Balaban J connectivity index is 2.15. The Labute approximate surface area is 114 Å². The van der Waals surface area contributed by atoms with Crippen molar-refractivity contribution in [2.75, 3.05) is 12.3 Å². The minimum atomic E-state index is 0.0829. The molecular formula is C17H19NO. The maximum atomic E-state index is 5.91. The van der Waals surface area contributed by atoms with Gasteiger partial charge in [0.25, 0.3) is 0 Å². The summed E-state index contributed by atoms with van der Waals surface area (Å²) in [5, 5.41) is 0. The molecule has 1 aliphatic heterocycles. The fraction of sp³-hybridized carbons (Fsp3) is 0.294. The maximum absolute atomic E-state index is 5.91. The van der Waals surface area contributed by atoms with Gasteiger partial charge in [-0.25, -0.2) is 0 Å². The topological polar surface area (TPSA) is 35.2 Å². The molecule has 0 aromatic heterocycles. The lowest BCUT2D eigenvalue weighted by atomic mass is 9.85. The number of rotatable bonds is 1. The molecule has 0 unspecified atom stereocenters. The van der Waals surface area contributed by atoms with Gasteiger partial charge in [0.1, 0.15) is 5.75 Å². The van der Waals surface area contributed by atoms with Crippen LogP contribution >= 0.6 is 0 Å². The van der Waals surface area contributed by atoms with Gasteiger partial charge in [0.2, 0.25) is 0 Å². The molecule has 0 amide bonds. The van der Waals surface area contributed by atoms with Crippen LogP contribution in [0.5, 0.6) is 5.75 Å². The summed E-state index contributed by atoms with van der Waals surface area (Å²) < 4.78 is 5.73. The van der Waals surface area contributed by atoms with E-state index in [9.17, 15) is 0 Å². The van der Waals surface area contributed by atoms with E-state index in [1.54, 1.807) is 0 Å². The van der Waals surface area contributed by atoms with Crippen molar-refractivity contribution in [3.63, 3.8) is 0 Å². The number of hydrogen-bond donors (Lipinski definition) is 1. The molecule has 1 aliphatic rings. The number of fused-ring (bicyclic) bond motifs is 1. The average molecular weight is 253 g/mol. The van der Waals surface area contributed by atoms with Crippen molar-refractivity contribution >= 4 is 5.69 Å². The summed E-state index contributed by atoms with van der Waals surface area (Å²) in [6.45, 7) is 7.30. The Morgan fingerprint density at radius 1 is 1.11 bits per heavy atom. The van der Waals surface area contributed by atoms with Gasteiger partial charge in [-0.2, -0.15) is 0 Å². The van der Waals surface area contributed by atoms with E-state index >= 15 is 0 Å². The largest absolute Gasteiger partial charge is 0.492 e. The average Bonchev–Trinajstić information content (AvgIpc) is 2.68. The van der Waals surface area contributed by atoms with Crippen LogP contribution in [0.15, 0.2) is 36.4 Å². The van der Waals surface area contributed by atoms with E-state index in [0.29, 0.717) is 0 Å². The molecule has 2 aromatic carbocycles. The van der Waals surface area contributed by atoms with Gasteiger partial charge in [0.15, 0.2) is 0 Å². The van der Waals surface area contributed by atoms with Gasteiger partial charge in [-0.3, -0.25) is 0 Å². The third kappa shape index (κ3) is 1.97. The van der Waals surface area contributed by atoms with Crippen molar-refractivity contribution < 1.29 is 4.74 Å². The fourth-order valence-electron chi connectivity index (χ4n) is 2.64. The van der Waals surface area contributed by atoms with Gasteiger partial charge in [-0.05, 0) is 47.9 Å². The van der Waals surface area contributed by atoms with E-state index in [2.05, 4.69) is 45.0 Å². The quantitative estimate of drug-likeness (QED) is 0.782. The second-order valence-electron chi connectivity index (χ2n) is 5.96. The first kappa shape index (κ1) is 12.1. The maximum Gasteiger partial charge on any atom is 0.123 e. The van der Waals surface area contributed by atoms with Crippen LogP contribution in [-0.4, -0.2) is 6.61 Å². The van der Waals surface area contributed by atoms with Gasteiger partial charge in [0.05, 0.1) is 6.61 Å². The van der Waals surface area contributed by atoms with Crippen molar-refractivity contribution in [3.05, 3.63) is 47.5 Å². The van der Waals surface area contributed by atoms with Crippen LogP contribution in [-0.2, 0) is 5.41 Å². The lowest BCUT2D eigenvalue weighted by molar-refractivity contribution is 0.291. The van der Waals surface area contributed by atoms with E-state index in [0.717, 1.165) is 18.0 Å². The molecule has 0 atom stereocenters. The van der Waals surface area contributed by atoms with Crippen LogP contribution in [0.4, 0.5) is 5.69 Å². The second-order valence-corrected chi connectivity index (χ2v) is 5.96. The third-order valence-corrected chi connectivity index (χ3v) is 3.87. The van der Waals surface area contributed by atoms with Crippen LogP contribution in [0.2, 0.25) is 0 Å². The van der Waals surface area contributed by atoms with Gasteiger partial charge >= 0.3 is 0 Å². The van der Waals surface area contributed by atoms with Gasteiger partial charge in [-0.15, -0.1) is 0 Å². The fourth-order valence-corrected chi connectivity index (χ4v) is 2.64. The molecule has 0 fully saturated rings. The van der Waals surface area contributed by atoms with Crippen molar-refractivity contribution in [3.8, 4) is 16.9 Å². The molecule has 0 radical (unpaired) electrons. The summed E-state index contributed by atoms with van der Waals surface area (Å²) in [6, 6.07) is 12.5. The van der Waals surface area contributed by atoms with E-state index in [1.165, 1.54) is 22.3 Å². The SMILES string of the molecule is Cc1ccc(N)cc1-c1ccc2c(c1)C(C)(C)CO2. The van der Waals surface area contributed by atoms with Crippen molar-refractivity contribution in [1.82, 2.24) is 0 Å². The molecule has 0 aliphatic carbocycles. The van der Waals surface area contributed by atoms with E-state index in [-0.39, 0.29) is 5.41 Å². The molecule has 0 spiro atoms. The molecule has 98 valence electrons. The number of aryl methyl sites for hydroxylation is 1. The Hall–Kier alpha value is -1.96. The van der Waals surface area contributed by atoms with Crippen molar-refractivity contribution in [2.24, 2.45) is 0 Å². The van der Waals surface area contributed by atoms with Crippen molar-refractivity contribution in [1.29, 1.82) is 0 Å². The Bertz CT molecular complexity index is 644. The van der Waals surface area contributed by atoms with E-state index in [4.69, 9.17) is 10.5 Å². The first-order valence-electron chi connectivity index (χ1n) is 6.61. The molecule has 1 heterocycles. The van der Waals surface area contributed by atoms with Gasteiger partial charge in [0, 0.05) is 16.7 Å². The second kappa shape index (κ2) is 4.02. The van der Waals surface area contributed by atoms with Gasteiger partial charge in [-0.1, -0.05) is 26.0 Å². The monoisotopic (exact) mass is 253 g/mol. The minimum absolute atomic E-state index is 0.0829. The molecular weight excluding hydrogens is 234 g/mol. The highest BCUT2D eigenvalue weighted by atomic mass is 16.5. The van der Waals surface area contributed by atoms with Crippen molar-refractivity contribution in [2.45, 2.75) is 26.2 Å². The smallest absolute Gasteiger partial charge is 0.123 e. The summed E-state index contributed by atoms with van der Waals surface area (Å²) in [5.41, 5.74) is 11.7. The summed E-state index contributed by atoms with van der Waals surface area (Å²) in [5.74, 6) is 1.01. The van der Waals surface area contributed by atoms with Crippen LogP contribution < -0.4 is 10.5 Å². The summed E-state index contributed by atoms with van der Waals surface area (Å²) in [6.07, 6.45) is 0. The van der Waals surface area contributed by atoms with Crippen LogP contribution in [0.1, 0.15) is 25.0 Å². The van der Waals surface area contributed by atoms with Crippen LogP contribution in [0, 0.1) is 6.92 Å². The first-order valence-corrected chi connectivity index (χ1v) is 6.61. The normalized spacial score (nSPS) is 15.9. The van der Waals surface area contributed by atoms with E-state index in [1.807, 2.05) is 12.1 Å². The number of anilines is 1. The molecule has 19 heavy (non-hydrogen) atoms. The zero-order valence-corrected chi connectivity index (χ0v) is 11.7. The standard InChI is InChI=1S/C17H19NO/c1-11-4-6-13(18)9-14(11)12-5-7-16-15(8-12)17(2,3)10-19-16/h4-9H,10,18H2,1-3H3. The first-order chi connectivity index (χ1) is 8.97. The lowest BCUT2D eigenvalue weighted by Gasteiger charge is -2.16. The summed E-state index contributed by atoms with van der Waals surface area (Å²) >= 11 is 0. The van der Waals surface area contributed by atoms with Crippen LogP contribution in [0.25, 0.3) is 11.1 Å². The molecule has 0 saturated heterocycles. The minimum Gasteiger partial charge on any atom is -0.492 e. The summed E-state index contributed by atoms with van der Waals surface area (Å²) in [4.78, 5) is 0. The predicted octanol–water partition coefficient (Wildman–Crippen LogP) is 3.91. The number of nitrogens with two attached hydrogens (primary N) is 1. The highest BCUT2D eigenvalue weighted by molar-refractivity contribution is 5.72. The molecule has 2 N–H and O–H groups in total. The molecule has 0 saturated carbocycles. The Morgan fingerprint density at radius 2 is 1.89 bits per heavy atom. The third-order valence-electron chi connectivity index (χ3n) is 3.87. The number of nitrogen functional groups attached to an aromatic ring is 1. The highest BCUT2D eigenvalue weighted by Crippen LogP contribution is 2.41. The predicted molar refractivity (Wildman–Crippen MR) is 79.5 cm³/mol. The molecule has 2 heteroatoms. The number of hydrogen-bond acceptors (Lipinski definition) is 2. The zero-order chi connectivity index (χ0) is 13.6.